The Kier molecular flexibility index (Phi) is 1.06. The summed E-state index contributed by atoms with van der Waals surface area (Å²) < 4.78 is 5.03. The van der Waals surface area contributed by atoms with Crippen LogP contribution in [0.1, 0.15) is 6.92 Å². The largest absolute Gasteiger partial charge is 0.358 e. The van der Waals surface area contributed by atoms with Gasteiger partial charge in [0.05, 0.1) is 6.10 Å². The summed E-state index contributed by atoms with van der Waals surface area (Å²) in [6, 6.07) is 0. The van der Waals surface area contributed by atoms with Crippen LogP contribution in [0.2, 0.25) is 0 Å². The minimum atomic E-state index is 0.519. The van der Waals surface area contributed by atoms with Gasteiger partial charge in [-0.2, -0.15) is 0 Å². The van der Waals surface area contributed by atoms with Crippen LogP contribution in [0.4, 0.5) is 0 Å². The average molecular weight is 104 g/mol. The Morgan fingerprint density at radius 2 is 2.17 bits per heavy atom. The molecule has 0 bridgehead atoms. The normalized spacial score (nSPS) is 43.0. The van der Waals surface area contributed by atoms with E-state index in [0.717, 1.165) is 0 Å². The van der Waals surface area contributed by atoms with Crippen molar-refractivity contribution in [2.24, 2.45) is 0 Å². The van der Waals surface area contributed by atoms with Crippen LogP contribution < -0.4 is 0 Å². The van der Waals surface area contributed by atoms with Crippen molar-refractivity contribution < 1.29 is 4.74 Å². The van der Waals surface area contributed by atoms with E-state index in [2.05, 4.69) is 13.2 Å². The highest BCUT2D eigenvalue weighted by molar-refractivity contribution is 7.99. The first-order valence-corrected chi connectivity index (χ1v) is 3.31. The highest BCUT2D eigenvalue weighted by Crippen LogP contribution is 2.29. The molecule has 2 heteroatoms. The third-order valence-corrected chi connectivity index (χ3v) is 1.85. The Bertz CT molecular complexity index is 53.5. The van der Waals surface area contributed by atoms with Crippen molar-refractivity contribution >= 4 is 11.8 Å². The lowest BCUT2D eigenvalue weighted by Crippen LogP contribution is -1.75. The third-order valence-electron chi connectivity index (χ3n) is 0.888. The molecule has 0 aromatic heterocycles. The van der Waals surface area contributed by atoms with Crippen molar-refractivity contribution in [1.82, 2.24) is 0 Å². The number of ether oxygens (including phenoxy) is 1. The Balaban J connectivity index is 2.09. The quantitative estimate of drug-likeness (QED) is 0.462. The van der Waals surface area contributed by atoms with Gasteiger partial charge in [0.2, 0.25) is 0 Å². The molecule has 1 heterocycles. The monoisotopic (exact) mass is 104 g/mol. The van der Waals surface area contributed by atoms with Crippen LogP contribution in [0.15, 0.2) is 0 Å². The minimum Gasteiger partial charge on any atom is -0.358 e. The fraction of sp³-hybridized carbons (Fsp3) is 1.00. The summed E-state index contributed by atoms with van der Waals surface area (Å²) in [5.74, 6) is 0. The Labute approximate surface area is 42.1 Å². The second kappa shape index (κ2) is 1.43. The van der Waals surface area contributed by atoms with Gasteiger partial charge < -0.3 is 4.74 Å². The summed E-state index contributed by atoms with van der Waals surface area (Å²) in [7, 11) is 0. The summed E-state index contributed by atoms with van der Waals surface area (Å²) in [5, 5.41) is 0. The number of hydrogen-bond donors (Lipinski definition) is 0. The Hall–Kier alpha value is 0.310. The van der Waals surface area contributed by atoms with Crippen molar-refractivity contribution in [2.75, 3.05) is 6.26 Å². The second-order valence-corrected chi connectivity index (χ2v) is 2.38. The van der Waals surface area contributed by atoms with E-state index in [1.165, 1.54) is 0 Å². The van der Waals surface area contributed by atoms with E-state index < -0.39 is 0 Å². The molecule has 1 saturated heterocycles. The van der Waals surface area contributed by atoms with E-state index in [1.54, 1.807) is 11.8 Å². The van der Waals surface area contributed by atoms with Gasteiger partial charge >= 0.3 is 0 Å². The first kappa shape index (κ1) is 4.47. The molecular formula is C4H8OS. The molecule has 1 rings (SSSR count). The summed E-state index contributed by atoms with van der Waals surface area (Å²) in [4.78, 5) is 0. The zero-order valence-electron chi connectivity index (χ0n) is 3.97. The van der Waals surface area contributed by atoms with Crippen LogP contribution in [-0.2, 0) is 4.74 Å². The van der Waals surface area contributed by atoms with Gasteiger partial charge in [0, 0.05) is 0 Å². The molecule has 0 radical (unpaired) electrons. The molecule has 1 aliphatic rings. The predicted molar refractivity (Wildman–Crippen MR) is 27.8 cm³/mol. The van der Waals surface area contributed by atoms with Gasteiger partial charge in [-0.05, 0) is 13.2 Å². The number of thioether (sulfide) groups is 1. The number of epoxide rings is 1. The molecule has 0 spiro atoms. The summed E-state index contributed by atoms with van der Waals surface area (Å²) in [6.45, 7) is 2.08. The van der Waals surface area contributed by atoms with Crippen LogP contribution in [-0.4, -0.2) is 17.8 Å². The summed E-state index contributed by atoms with van der Waals surface area (Å²) in [5.41, 5.74) is 0.519. The van der Waals surface area contributed by atoms with Crippen molar-refractivity contribution in [2.45, 2.75) is 18.5 Å². The maximum atomic E-state index is 5.03. The molecule has 2 atom stereocenters. The molecule has 6 heavy (non-hydrogen) atoms. The minimum absolute atomic E-state index is 0.519. The molecule has 2 unspecified atom stereocenters. The highest BCUT2D eigenvalue weighted by Gasteiger charge is 2.32. The first-order valence-electron chi connectivity index (χ1n) is 2.03. The van der Waals surface area contributed by atoms with E-state index >= 15 is 0 Å². The third kappa shape index (κ3) is 0.684. The number of rotatable bonds is 1. The van der Waals surface area contributed by atoms with Gasteiger partial charge in [0.25, 0.3) is 0 Å². The van der Waals surface area contributed by atoms with E-state index in [0.29, 0.717) is 11.5 Å². The van der Waals surface area contributed by atoms with Gasteiger partial charge in [-0.25, -0.2) is 0 Å². The smallest absolute Gasteiger partial charge is 0.129 e. The van der Waals surface area contributed by atoms with Crippen LogP contribution >= 0.6 is 11.8 Å². The lowest BCUT2D eigenvalue weighted by molar-refractivity contribution is 0.413. The second-order valence-electron chi connectivity index (χ2n) is 1.45. The maximum Gasteiger partial charge on any atom is 0.129 e. The van der Waals surface area contributed by atoms with Gasteiger partial charge in [0.1, 0.15) is 5.44 Å². The van der Waals surface area contributed by atoms with E-state index in [4.69, 9.17) is 4.74 Å². The molecule has 0 N–H and O–H groups in total. The molecule has 0 aliphatic carbocycles. The fourth-order valence-electron chi connectivity index (χ4n) is 0.413. The lowest BCUT2D eigenvalue weighted by atomic mass is 10.6. The SMILES string of the molecule is CSC1OC1C. The van der Waals surface area contributed by atoms with Crippen LogP contribution in [0.5, 0.6) is 0 Å². The standard InChI is InChI=1S/C4H8OS/c1-3-4(5-3)6-2/h3-4H,1-2H3. The van der Waals surface area contributed by atoms with Crippen LogP contribution in [0, 0.1) is 0 Å². The molecule has 0 amide bonds. The number of hydrogen-bond acceptors (Lipinski definition) is 2. The predicted octanol–water partition coefficient (Wildman–Crippen LogP) is 1.09. The molecule has 0 saturated carbocycles. The molecule has 0 aromatic carbocycles. The maximum absolute atomic E-state index is 5.03. The molecule has 1 aliphatic heterocycles. The van der Waals surface area contributed by atoms with E-state index in [1.807, 2.05) is 0 Å². The molecule has 1 nitrogen and oxygen atoms in total. The molecule has 1 fully saturated rings. The molecule has 0 aromatic rings. The molecular weight excluding hydrogens is 96.1 g/mol. The van der Waals surface area contributed by atoms with Gasteiger partial charge in [-0.1, -0.05) is 0 Å². The van der Waals surface area contributed by atoms with Gasteiger partial charge in [0.15, 0.2) is 0 Å². The zero-order chi connectivity index (χ0) is 4.57. The summed E-state index contributed by atoms with van der Waals surface area (Å²) >= 11 is 1.78. The van der Waals surface area contributed by atoms with E-state index in [9.17, 15) is 0 Å². The highest BCUT2D eigenvalue weighted by atomic mass is 32.2. The van der Waals surface area contributed by atoms with Crippen LogP contribution in [0.25, 0.3) is 0 Å². The van der Waals surface area contributed by atoms with Crippen molar-refractivity contribution in [3.8, 4) is 0 Å². The van der Waals surface area contributed by atoms with Crippen molar-refractivity contribution in [3.63, 3.8) is 0 Å². The topological polar surface area (TPSA) is 12.5 Å². The van der Waals surface area contributed by atoms with E-state index in [-0.39, 0.29) is 0 Å². The average Bonchev–Trinajstić information content (AvgIpc) is 2.19. The zero-order valence-corrected chi connectivity index (χ0v) is 4.79. The van der Waals surface area contributed by atoms with Crippen molar-refractivity contribution in [3.05, 3.63) is 0 Å². The lowest BCUT2D eigenvalue weighted by Gasteiger charge is -1.73. The Morgan fingerprint density at radius 3 is 2.17 bits per heavy atom. The molecule has 36 valence electrons. The Morgan fingerprint density at radius 1 is 1.67 bits per heavy atom. The van der Waals surface area contributed by atoms with Gasteiger partial charge in [-0.15, -0.1) is 11.8 Å². The fourth-order valence-corrected chi connectivity index (χ4v) is 1.08. The van der Waals surface area contributed by atoms with Crippen LogP contribution in [0.3, 0.4) is 0 Å². The first-order chi connectivity index (χ1) is 2.84. The summed E-state index contributed by atoms with van der Waals surface area (Å²) in [6.07, 6.45) is 2.59. The van der Waals surface area contributed by atoms with Gasteiger partial charge in [-0.3, -0.25) is 0 Å². The van der Waals surface area contributed by atoms with Crippen molar-refractivity contribution in [1.29, 1.82) is 0 Å².